The molecule has 2 aromatic carbocycles. The van der Waals surface area contributed by atoms with Crippen LogP contribution in [0.15, 0.2) is 48.7 Å². The van der Waals surface area contributed by atoms with Crippen LogP contribution < -0.4 is 10.6 Å². The van der Waals surface area contributed by atoms with E-state index in [1.165, 1.54) is 6.08 Å². The molecular weight excluding hydrogens is 473 g/mol. The number of hydrogen-bond donors (Lipinski definition) is 4. The third kappa shape index (κ3) is 5.34. The molecule has 3 rings (SSSR count). The molecule has 1 heterocycles. The number of H-pyrrole nitrogens is 1. The normalized spacial score (nSPS) is 11.0. The quantitative estimate of drug-likeness (QED) is 0.356. The minimum Gasteiger partial charge on any atom is -0.392 e. The fourth-order valence-electron chi connectivity index (χ4n) is 3.10. The van der Waals surface area contributed by atoms with Crippen molar-refractivity contribution in [1.29, 1.82) is 0 Å². The first-order valence-corrected chi connectivity index (χ1v) is 10.7. The van der Waals surface area contributed by atoms with Gasteiger partial charge in [0, 0.05) is 52.3 Å². The van der Waals surface area contributed by atoms with E-state index in [9.17, 15) is 14.7 Å². The van der Waals surface area contributed by atoms with Gasteiger partial charge in [0.25, 0.3) is 5.91 Å². The highest BCUT2D eigenvalue weighted by Crippen LogP contribution is 2.39. The Hall–Kier alpha value is -2.77. The SMILES string of the molecule is CNC(=O)c1ccc(C=CC(=O)NCc2[nH]cc(Cl)c2-c2ccc(Cl)c(CO)c2Cl)cc1. The number of benzene rings is 2. The minimum absolute atomic E-state index is 0.175. The van der Waals surface area contributed by atoms with Gasteiger partial charge in [0.1, 0.15) is 0 Å². The van der Waals surface area contributed by atoms with Gasteiger partial charge in [-0.15, -0.1) is 0 Å². The van der Waals surface area contributed by atoms with Gasteiger partial charge in [-0.25, -0.2) is 0 Å². The van der Waals surface area contributed by atoms with Crippen LogP contribution in [0.4, 0.5) is 0 Å². The average Bonchev–Trinajstić information content (AvgIpc) is 3.16. The first-order chi connectivity index (χ1) is 15.3. The van der Waals surface area contributed by atoms with Gasteiger partial charge in [-0.05, 0) is 29.8 Å². The van der Waals surface area contributed by atoms with Crippen LogP contribution in [-0.4, -0.2) is 29.0 Å². The number of nitrogens with one attached hydrogen (secondary N) is 3. The molecule has 0 saturated heterocycles. The van der Waals surface area contributed by atoms with Gasteiger partial charge in [0.15, 0.2) is 0 Å². The Balaban J connectivity index is 1.71. The van der Waals surface area contributed by atoms with E-state index in [1.807, 2.05) is 0 Å². The molecule has 0 bridgehead atoms. The molecule has 1 aromatic heterocycles. The molecule has 0 aliphatic heterocycles. The van der Waals surface area contributed by atoms with Gasteiger partial charge in [0.2, 0.25) is 5.91 Å². The third-order valence-corrected chi connectivity index (χ3v) is 5.88. The van der Waals surface area contributed by atoms with E-state index >= 15 is 0 Å². The molecule has 0 spiro atoms. The number of rotatable bonds is 7. The number of hydrogen-bond acceptors (Lipinski definition) is 3. The molecule has 2 amide bonds. The predicted molar refractivity (Wildman–Crippen MR) is 128 cm³/mol. The number of aromatic amines is 1. The fourth-order valence-corrected chi connectivity index (χ4v) is 3.96. The minimum atomic E-state index is -0.311. The van der Waals surface area contributed by atoms with Crippen LogP contribution >= 0.6 is 34.8 Å². The summed E-state index contributed by atoms with van der Waals surface area (Å²) in [7, 11) is 1.57. The topological polar surface area (TPSA) is 94.2 Å². The largest absolute Gasteiger partial charge is 0.392 e. The summed E-state index contributed by atoms with van der Waals surface area (Å²) in [5.74, 6) is -0.485. The van der Waals surface area contributed by atoms with Crippen LogP contribution in [0.2, 0.25) is 15.1 Å². The third-order valence-electron chi connectivity index (χ3n) is 4.79. The summed E-state index contributed by atoms with van der Waals surface area (Å²) in [6, 6.07) is 10.2. The Morgan fingerprint density at radius 3 is 2.44 bits per heavy atom. The number of amides is 2. The molecule has 0 atom stereocenters. The predicted octanol–water partition coefficient (Wildman–Crippen LogP) is 4.82. The highest BCUT2D eigenvalue weighted by molar-refractivity contribution is 6.39. The van der Waals surface area contributed by atoms with Crippen LogP contribution in [-0.2, 0) is 17.9 Å². The first kappa shape index (κ1) is 23.9. The summed E-state index contributed by atoms with van der Waals surface area (Å²) in [5, 5.41) is 16.0. The zero-order valence-corrected chi connectivity index (χ0v) is 19.3. The zero-order chi connectivity index (χ0) is 23.3. The van der Waals surface area contributed by atoms with Crippen molar-refractivity contribution in [3.05, 3.63) is 86.1 Å². The first-order valence-electron chi connectivity index (χ1n) is 9.57. The smallest absolute Gasteiger partial charge is 0.251 e. The summed E-state index contributed by atoms with van der Waals surface area (Å²) in [5.41, 5.74) is 3.60. The van der Waals surface area contributed by atoms with Gasteiger partial charge < -0.3 is 20.7 Å². The molecule has 0 aliphatic carbocycles. The van der Waals surface area contributed by atoms with Crippen molar-refractivity contribution in [2.24, 2.45) is 0 Å². The molecular formula is C23H20Cl3N3O3. The summed E-state index contributed by atoms with van der Waals surface area (Å²) in [6.45, 7) is -0.136. The van der Waals surface area contributed by atoms with E-state index in [1.54, 1.807) is 55.7 Å². The van der Waals surface area contributed by atoms with Gasteiger partial charge in [-0.3, -0.25) is 9.59 Å². The standard InChI is InChI=1S/C23H20Cl3N3O3/c1-27-23(32)14-5-2-13(3-6-14)4-9-20(31)29-11-19-21(18(25)10-28-19)15-7-8-17(24)16(12-30)22(15)26/h2-10,28,30H,11-12H2,1H3,(H,27,32)(H,29,31). The number of aliphatic hydroxyl groups is 1. The lowest BCUT2D eigenvalue weighted by Gasteiger charge is -2.12. The van der Waals surface area contributed by atoms with Crippen molar-refractivity contribution in [3.63, 3.8) is 0 Å². The second-order valence-corrected chi connectivity index (χ2v) is 7.98. The lowest BCUT2D eigenvalue weighted by atomic mass is 10.0. The molecule has 4 N–H and O–H groups in total. The summed E-state index contributed by atoms with van der Waals surface area (Å²) in [6.07, 6.45) is 4.65. The van der Waals surface area contributed by atoms with Crippen LogP contribution in [0.3, 0.4) is 0 Å². The molecule has 0 radical (unpaired) electrons. The Morgan fingerprint density at radius 2 is 1.78 bits per heavy atom. The number of aromatic nitrogens is 1. The van der Waals surface area contributed by atoms with E-state index < -0.39 is 0 Å². The maximum atomic E-state index is 12.3. The summed E-state index contributed by atoms with van der Waals surface area (Å²) < 4.78 is 0. The van der Waals surface area contributed by atoms with E-state index in [0.29, 0.717) is 43.0 Å². The van der Waals surface area contributed by atoms with E-state index in [2.05, 4.69) is 15.6 Å². The second kappa shape index (κ2) is 10.7. The highest BCUT2D eigenvalue weighted by Gasteiger charge is 2.18. The second-order valence-electron chi connectivity index (χ2n) is 6.79. The molecule has 166 valence electrons. The molecule has 32 heavy (non-hydrogen) atoms. The van der Waals surface area contributed by atoms with Crippen LogP contribution in [0, 0.1) is 0 Å². The van der Waals surface area contributed by atoms with Gasteiger partial charge in [-0.1, -0.05) is 53.0 Å². The molecule has 0 unspecified atom stereocenters. The van der Waals surface area contributed by atoms with Crippen molar-refractivity contribution in [2.45, 2.75) is 13.2 Å². The maximum Gasteiger partial charge on any atom is 0.251 e. The molecule has 0 saturated carbocycles. The number of aliphatic hydroxyl groups excluding tert-OH is 1. The van der Waals surface area contributed by atoms with Crippen molar-refractivity contribution in [3.8, 4) is 11.1 Å². The molecule has 0 aliphatic rings. The fraction of sp³-hybridized carbons (Fsp3) is 0.130. The van der Waals surface area contributed by atoms with Crippen LogP contribution in [0.1, 0.15) is 27.2 Å². The van der Waals surface area contributed by atoms with E-state index in [-0.39, 0.29) is 25.0 Å². The number of carbonyl (C=O) groups excluding carboxylic acids is 2. The summed E-state index contributed by atoms with van der Waals surface area (Å²) >= 11 is 18.9. The van der Waals surface area contributed by atoms with Crippen molar-refractivity contribution >= 4 is 52.7 Å². The highest BCUT2D eigenvalue weighted by atomic mass is 35.5. The van der Waals surface area contributed by atoms with E-state index in [0.717, 1.165) is 5.56 Å². The molecule has 9 heteroatoms. The Bertz CT molecular complexity index is 1170. The lowest BCUT2D eigenvalue weighted by molar-refractivity contribution is -0.116. The Labute approximate surface area is 200 Å². The molecule has 6 nitrogen and oxygen atoms in total. The Kier molecular flexibility index (Phi) is 7.99. The zero-order valence-electron chi connectivity index (χ0n) is 17.0. The van der Waals surface area contributed by atoms with Crippen LogP contribution in [0.25, 0.3) is 17.2 Å². The number of carbonyl (C=O) groups is 2. The van der Waals surface area contributed by atoms with Gasteiger partial charge in [0.05, 0.1) is 23.2 Å². The molecule has 3 aromatic rings. The van der Waals surface area contributed by atoms with Crippen LogP contribution in [0.5, 0.6) is 0 Å². The van der Waals surface area contributed by atoms with Crippen molar-refractivity contribution in [1.82, 2.24) is 15.6 Å². The van der Waals surface area contributed by atoms with Gasteiger partial charge in [-0.2, -0.15) is 0 Å². The monoisotopic (exact) mass is 491 g/mol. The van der Waals surface area contributed by atoms with Crippen molar-refractivity contribution < 1.29 is 14.7 Å². The summed E-state index contributed by atoms with van der Waals surface area (Å²) in [4.78, 5) is 26.9. The van der Waals surface area contributed by atoms with Crippen molar-refractivity contribution in [2.75, 3.05) is 7.05 Å². The maximum absolute atomic E-state index is 12.3. The van der Waals surface area contributed by atoms with Gasteiger partial charge >= 0.3 is 0 Å². The lowest BCUT2D eigenvalue weighted by Crippen LogP contribution is -2.20. The molecule has 0 fully saturated rings. The Morgan fingerprint density at radius 1 is 1.06 bits per heavy atom. The number of halogens is 3. The van der Waals surface area contributed by atoms with E-state index in [4.69, 9.17) is 34.8 Å². The average molecular weight is 493 g/mol.